The van der Waals surface area contributed by atoms with Gasteiger partial charge >= 0.3 is 0 Å². The zero-order valence-corrected chi connectivity index (χ0v) is 7.51. The van der Waals surface area contributed by atoms with Gasteiger partial charge in [0, 0.05) is 31.3 Å². The molecule has 0 aromatic carbocycles. The van der Waals surface area contributed by atoms with Gasteiger partial charge in [0.05, 0.1) is 13.2 Å². The van der Waals surface area contributed by atoms with Crippen LogP contribution in [0.4, 0.5) is 0 Å². The highest BCUT2D eigenvalue weighted by atomic mass is 16.7. The van der Waals surface area contributed by atoms with Gasteiger partial charge in [-0.2, -0.15) is 0 Å². The van der Waals surface area contributed by atoms with Gasteiger partial charge in [-0.25, -0.2) is 0 Å². The van der Waals surface area contributed by atoms with Gasteiger partial charge in [0.2, 0.25) is 0 Å². The van der Waals surface area contributed by atoms with Crippen molar-refractivity contribution in [2.45, 2.75) is 18.6 Å². The second-order valence-corrected chi connectivity index (χ2v) is 4.63. The van der Waals surface area contributed by atoms with Gasteiger partial charge in [-0.15, -0.1) is 0 Å². The number of rotatable bonds is 0. The minimum absolute atomic E-state index is 0.138. The van der Waals surface area contributed by atoms with Gasteiger partial charge < -0.3 is 14.4 Å². The zero-order chi connectivity index (χ0) is 8.23. The molecule has 3 nitrogen and oxygen atoms in total. The lowest BCUT2D eigenvalue weighted by Crippen LogP contribution is -2.67. The lowest BCUT2D eigenvalue weighted by atomic mass is 9.60. The van der Waals surface area contributed by atoms with E-state index in [1.54, 1.807) is 0 Å². The molecule has 2 spiro atoms. The highest BCUT2D eigenvalue weighted by Gasteiger charge is 2.62. The average Bonchev–Trinajstić information content (AvgIpc) is 2.31. The normalized spacial score (nSPS) is 36.8. The monoisotopic (exact) mass is 169 g/mol. The van der Waals surface area contributed by atoms with Crippen LogP contribution in [0.25, 0.3) is 0 Å². The Morgan fingerprint density at radius 2 is 1.67 bits per heavy atom. The molecule has 1 aliphatic carbocycles. The van der Waals surface area contributed by atoms with Crippen molar-refractivity contribution in [1.82, 2.24) is 4.90 Å². The van der Waals surface area contributed by atoms with Gasteiger partial charge in [0.15, 0.2) is 5.79 Å². The average molecular weight is 169 g/mol. The van der Waals surface area contributed by atoms with Crippen molar-refractivity contribution in [3.8, 4) is 0 Å². The molecule has 12 heavy (non-hydrogen) atoms. The van der Waals surface area contributed by atoms with Crippen LogP contribution >= 0.6 is 0 Å². The molecule has 3 heteroatoms. The summed E-state index contributed by atoms with van der Waals surface area (Å²) in [6.07, 6.45) is 2.26. The predicted octanol–water partition coefficient (Wildman–Crippen LogP) is 0.455. The zero-order valence-electron chi connectivity index (χ0n) is 7.51. The first-order valence-corrected chi connectivity index (χ1v) is 4.69. The molecule has 0 atom stereocenters. The van der Waals surface area contributed by atoms with Crippen molar-refractivity contribution in [3.63, 3.8) is 0 Å². The summed E-state index contributed by atoms with van der Waals surface area (Å²) in [4.78, 5) is 2.36. The van der Waals surface area contributed by atoms with E-state index in [2.05, 4.69) is 11.9 Å². The number of ether oxygens (including phenoxy) is 2. The van der Waals surface area contributed by atoms with Crippen molar-refractivity contribution in [1.29, 1.82) is 0 Å². The minimum Gasteiger partial charge on any atom is -0.347 e. The first-order chi connectivity index (χ1) is 5.72. The fourth-order valence-corrected chi connectivity index (χ4v) is 3.11. The molecule has 1 saturated carbocycles. The summed E-state index contributed by atoms with van der Waals surface area (Å²) in [7, 11) is 2.17. The van der Waals surface area contributed by atoms with Crippen LogP contribution in [0.5, 0.6) is 0 Å². The summed E-state index contributed by atoms with van der Waals surface area (Å²) >= 11 is 0. The fourth-order valence-electron chi connectivity index (χ4n) is 3.11. The fraction of sp³-hybridized carbons (Fsp3) is 1.00. The maximum atomic E-state index is 5.60. The number of hydrogen-bond donors (Lipinski definition) is 0. The van der Waals surface area contributed by atoms with Crippen LogP contribution in [0, 0.1) is 5.41 Å². The maximum absolute atomic E-state index is 5.60. The van der Waals surface area contributed by atoms with E-state index in [1.807, 2.05) is 0 Å². The highest BCUT2D eigenvalue weighted by Crippen LogP contribution is 2.56. The molecule has 0 aromatic heterocycles. The molecule has 0 bridgehead atoms. The Morgan fingerprint density at radius 3 is 2.17 bits per heavy atom. The molecule has 3 aliphatic rings. The van der Waals surface area contributed by atoms with E-state index in [-0.39, 0.29) is 5.79 Å². The van der Waals surface area contributed by atoms with Crippen molar-refractivity contribution in [2.24, 2.45) is 5.41 Å². The summed E-state index contributed by atoms with van der Waals surface area (Å²) in [5, 5.41) is 0. The largest absolute Gasteiger partial charge is 0.347 e. The molecule has 0 N–H and O–H groups in total. The van der Waals surface area contributed by atoms with Gasteiger partial charge in [0.25, 0.3) is 0 Å². The first-order valence-electron chi connectivity index (χ1n) is 4.69. The van der Waals surface area contributed by atoms with E-state index in [0.717, 1.165) is 26.1 Å². The molecular formula is C9H15NO2. The topological polar surface area (TPSA) is 21.7 Å². The SMILES string of the molecule is CN1CC2(C1)CC1(C2)OCCO1. The summed E-state index contributed by atoms with van der Waals surface area (Å²) in [6, 6.07) is 0. The summed E-state index contributed by atoms with van der Waals surface area (Å²) < 4.78 is 11.2. The standard InChI is InChI=1S/C9H15NO2/c1-10-6-8(7-10)4-9(5-8)11-2-3-12-9/h2-7H2,1H3. The van der Waals surface area contributed by atoms with Crippen LogP contribution in [0.15, 0.2) is 0 Å². The molecule has 0 radical (unpaired) electrons. The van der Waals surface area contributed by atoms with Crippen LogP contribution in [-0.4, -0.2) is 44.0 Å². The third-order valence-corrected chi connectivity index (χ3v) is 3.31. The molecule has 2 heterocycles. The molecule has 3 rings (SSSR count). The van der Waals surface area contributed by atoms with Crippen LogP contribution in [-0.2, 0) is 9.47 Å². The van der Waals surface area contributed by atoms with Crippen LogP contribution in [0.2, 0.25) is 0 Å². The molecule has 0 amide bonds. The van der Waals surface area contributed by atoms with Gasteiger partial charge in [-0.05, 0) is 7.05 Å². The molecule has 0 unspecified atom stereocenters. The van der Waals surface area contributed by atoms with E-state index in [4.69, 9.17) is 9.47 Å². The highest BCUT2D eigenvalue weighted by molar-refractivity contribution is 5.08. The van der Waals surface area contributed by atoms with Crippen LogP contribution in [0.3, 0.4) is 0 Å². The third-order valence-electron chi connectivity index (χ3n) is 3.31. The second kappa shape index (κ2) is 2.03. The maximum Gasteiger partial charge on any atom is 0.169 e. The quantitative estimate of drug-likeness (QED) is 0.525. The molecule has 68 valence electrons. The lowest BCUT2D eigenvalue weighted by molar-refractivity contribution is -0.287. The van der Waals surface area contributed by atoms with E-state index < -0.39 is 0 Å². The second-order valence-electron chi connectivity index (χ2n) is 4.63. The van der Waals surface area contributed by atoms with Crippen molar-refractivity contribution < 1.29 is 9.47 Å². The minimum atomic E-state index is -0.138. The lowest BCUT2D eigenvalue weighted by Gasteiger charge is -2.61. The van der Waals surface area contributed by atoms with Crippen molar-refractivity contribution in [3.05, 3.63) is 0 Å². The Bertz CT molecular complexity index is 195. The van der Waals surface area contributed by atoms with E-state index in [1.165, 1.54) is 13.1 Å². The third kappa shape index (κ3) is 0.817. The number of hydrogen-bond acceptors (Lipinski definition) is 3. The Labute approximate surface area is 72.6 Å². The summed E-state index contributed by atoms with van der Waals surface area (Å²) in [5.74, 6) is -0.138. The Balaban J connectivity index is 1.64. The van der Waals surface area contributed by atoms with E-state index in [0.29, 0.717) is 5.41 Å². The Hall–Kier alpha value is -0.120. The van der Waals surface area contributed by atoms with Gasteiger partial charge in [0.1, 0.15) is 0 Å². The van der Waals surface area contributed by atoms with Crippen molar-refractivity contribution in [2.75, 3.05) is 33.4 Å². The smallest absolute Gasteiger partial charge is 0.169 e. The Morgan fingerprint density at radius 1 is 1.08 bits per heavy atom. The van der Waals surface area contributed by atoms with Crippen LogP contribution < -0.4 is 0 Å². The number of nitrogens with zero attached hydrogens (tertiary/aromatic N) is 1. The predicted molar refractivity (Wildman–Crippen MR) is 43.8 cm³/mol. The van der Waals surface area contributed by atoms with E-state index >= 15 is 0 Å². The summed E-state index contributed by atoms with van der Waals surface area (Å²) in [6.45, 7) is 4.07. The van der Waals surface area contributed by atoms with Gasteiger partial charge in [-0.3, -0.25) is 0 Å². The molecule has 2 saturated heterocycles. The molecule has 3 fully saturated rings. The molecular weight excluding hydrogens is 154 g/mol. The van der Waals surface area contributed by atoms with E-state index in [9.17, 15) is 0 Å². The summed E-state index contributed by atoms with van der Waals surface area (Å²) in [5.41, 5.74) is 0.569. The van der Waals surface area contributed by atoms with Gasteiger partial charge in [-0.1, -0.05) is 0 Å². The van der Waals surface area contributed by atoms with Crippen LogP contribution in [0.1, 0.15) is 12.8 Å². The number of likely N-dealkylation sites (tertiary alicyclic amines) is 1. The molecule has 0 aromatic rings. The van der Waals surface area contributed by atoms with Crippen molar-refractivity contribution >= 4 is 0 Å². The first kappa shape index (κ1) is 7.30. The Kier molecular flexibility index (Phi) is 1.23. The molecule has 2 aliphatic heterocycles.